The number of aromatic nitrogens is 1. The van der Waals surface area contributed by atoms with E-state index in [-0.39, 0.29) is 18.9 Å². The van der Waals surface area contributed by atoms with Gasteiger partial charge in [0.05, 0.1) is 5.60 Å². The molecule has 0 unspecified atom stereocenters. The van der Waals surface area contributed by atoms with Crippen molar-refractivity contribution in [2.45, 2.75) is 18.4 Å². The molecular formula is C10H12LiNO2. The second kappa shape index (κ2) is 4.95. The first-order valence-electron chi connectivity index (χ1n) is 4.44. The molecule has 2 heterocycles. The van der Waals surface area contributed by atoms with Crippen molar-refractivity contribution < 1.29 is 28.7 Å². The number of ether oxygens (including phenoxy) is 1. The first-order valence-corrected chi connectivity index (χ1v) is 4.44. The van der Waals surface area contributed by atoms with Gasteiger partial charge in [-0.2, -0.15) is 6.07 Å². The van der Waals surface area contributed by atoms with E-state index >= 15 is 0 Å². The van der Waals surface area contributed by atoms with Crippen molar-refractivity contribution in [3.05, 3.63) is 30.1 Å². The Labute approximate surface area is 95.7 Å². The predicted octanol–water partition coefficient (Wildman–Crippen LogP) is -2.12. The summed E-state index contributed by atoms with van der Waals surface area (Å²) < 4.78 is 5.19. The summed E-state index contributed by atoms with van der Waals surface area (Å²) in [6.45, 7) is 1.22. The largest absolute Gasteiger partial charge is 1.00 e. The Bertz CT molecular complexity index is 273. The molecule has 0 bridgehead atoms. The molecule has 3 nitrogen and oxygen atoms in total. The Morgan fingerprint density at radius 3 is 2.71 bits per heavy atom. The summed E-state index contributed by atoms with van der Waals surface area (Å²) >= 11 is 0. The zero-order valence-corrected chi connectivity index (χ0v) is 8.36. The zero-order chi connectivity index (χ0) is 9.15. The van der Waals surface area contributed by atoms with E-state index in [0.29, 0.717) is 26.1 Å². The minimum Gasteiger partial charge on any atom is -0.385 e. The number of aliphatic hydroxyl groups is 1. The third kappa shape index (κ3) is 2.37. The molecule has 1 aromatic heterocycles. The SMILES string of the molecule is OC1(c2cc[c-]cn2)CCOCC1.[Li+]. The van der Waals surface area contributed by atoms with Crippen LogP contribution in [0.4, 0.5) is 0 Å². The zero-order valence-electron chi connectivity index (χ0n) is 8.36. The molecule has 0 radical (unpaired) electrons. The Kier molecular flexibility index (Phi) is 4.15. The van der Waals surface area contributed by atoms with Crippen molar-refractivity contribution in [3.8, 4) is 0 Å². The van der Waals surface area contributed by atoms with Crippen LogP contribution >= 0.6 is 0 Å². The number of hydrogen-bond donors (Lipinski definition) is 1. The van der Waals surface area contributed by atoms with Crippen LogP contribution in [0.1, 0.15) is 18.5 Å². The monoisotopic (exact) mass is 185 g/mol. The Morgan fingerprint density at radius 1 is 1.43 bits per heavy atom. The van der Waals surface area contributed by atoms with Gasteiger partial charge in [-0.1, -0.05) is 6.20 Å². The standard InChI is InChI=1S/C10H12NO2.Li/c12-10(4-7-13-8-5-10)9-3-1-2-6-11-9;/h1,3,6,12H,4-5,7-8H2;/q-1;+1. The minimum atomic E-state index is -0.784. The van der Waals surface area contributed by atoms with Crippen molar-refractivity contribution in [1.82, 2.24) is 4.98 Å². The molecule has 1 aliphatic rings. The van der Waals surface area contributed by atoms with Crippen LogP contribution in [0.5, 0.6) is 0 Å². The van der Waals surface area contributed by atoms with Crippen LogP contribution in [-0.4, -0.2) is 23.3 Å². The maximum atomic E-state index is 10.2. The molecule has 1 N–H and O–H groups in total. The van der Waals surface area contributed by atoms with E-state index in [1.54, 1.807) is 12.3 Å². The average Bonchev–Trinajstić information content (AvgIpc) is 2.20. The van der Waals surface area contributed by atoms with E-state index in [4.69, 9.17) is 4.74 Å². The quantitative estimate of drug-likeness (QED) is 0.402. The average molecular weight is 185 g/mol. The molecule has 4 heteroatoms. The van der Waals surface area contributed by atoms with Gasteiger partial charge in [-0.15, -0.1) is 0 Å². The fourth-order valence-corrected chi connectivity index (χ4v) is 1.56. The predicted molar refractivity (Wildman–Crippen MR) is 47.0 cm³/mol. The van der Waals surface area contributed by atoms with E-state index in [1.807, 2.05) is 6.07 Å². The number of hydrogen-bond acceptors (Lipinski definition) is 3. The fourth-order valence-electron chi connectivity index (χ4n) is 1.56. The summed E-state index contributed by atoms with van der Waals surface area (Å²) in [5.41, 5.74) is -0.0533. The summed E-state index contributed by atoms with van der Waals surface area (Å²) in [4.78, 5) is 4.11. The van der Waals surface area contributed by atoms with Gasteiger partial charge in [0.2, 0.25) is 0 Å². The van der Waals surface area contributed by atoms with Gasteiger partial charge in [0.1, 0.15) is 0 Å². The fraction of sp³-hybridized carbons (Fsp3) is 0.500. The van der Waals surface area contributed by atoms with Gasteiger partial charge >= 0.3 is 18.9 Å². The summed E-state index contributed by atoms with van der Waals surface area (Å²) in [5.74, 6) is 0. The number of pyridine rings is 1. The van der Waals surface area contributed by atoms with Crippen LogP contribution < -0.4 is 18.9 Å². The molecule has 0 saturated carbocycles. The van der Waals surface area contributed by atoms with Crippen molar-refractivity contribution in [1.29, 1.82) is 0 Å². The number of rotatable bonds is 1. The molecule has 1 fully saturated rings. The van der Waals surface area contributed by atoms with Crippen molar-refractivity contribution in [3.63, 3.8) is 0 Å². The van der Waals surface area contributed by atoms with Crippen LogP contribution in [0.2, 0.25) is 0 Å². The van der Waals surface area contributed by atoms with Crippen molar-refractivity contribution in [2.75, 3.05) is 13.2 Å². The van der Waals surface area contributed by atoms with Gasteiger partial charge in [0, 0.05) is 26.1 Å². The summed E-state index contributed by atoms with van der Waals surface area (Å²) in [5, 5.41) is 10.2. The Balaban J connectivity index is 0.000000980. The van der Waals surface area contributed by atoms with Gasteiger partial charge in [-0.05, 0) is 5.69 Å². The van der Waals surface area contributed by atoms with E-state index in [0.717, 1.165) is 5.69 Å². The summed E-state index contributed by atoms with van der Waals surface area (Å²) in [6, 6.07) is 6.42. The second-order valence-corrected chi connectivity index (χ2v) is 3.29. The van der Waals surface area contributed by atoms with Crippen molar-refractivity contribution >= 4 is 0 Å². The normalized spacial score (nSPS) is 19.8. The van der Waals surface area contributed by atoms with E-state index in [9.17, 15) is 5.11 Å². The molecule has 1 aromatic rings. The summed E-state index contributed by atoms with van der Waals surface area (Å²) in [6.07, 6.45) is 2.84. The molecule has 14 heavy (non-hydrogen) atoms. The maximum absolute atomic E-state index is 10.2. The van der Waals surface area contributed by atoms with E-state index in [2.05, 4.69) is 11.1 Å². The van der Waals surface area contributed by atoms with Gasteiger partial charge in [0.25, 0.3) is 0 Å². The molecular weight excluding hydrogens is 173 g/mol. The van der Waals surface area contributed by atoms with E-state index in [1.165, 1.54) is 0 Å². The first kappa shape index (κ1) is 11.7. The summed E-state index contributed by atoms with van der Waals surface area (Å²) in [7, 11) is 0. The van der Waals surface area contributed by atoms with Crippen LogP contribution in [0.3, 0.4) is 0 Å². The van der Waals surface area contributed by atoms with Crippen LogP contribution in [0, 0.1) is 6.07 Å². The second-order valence-electron chi connectivity index (χ2n) is 3.29. The Morgan fingerprint density at radius 2 is 2.14 bits per heavy atom. The molecule has 0 spiro atoms. The molecule has 0 atom stereocenters. The smallest absolute Gasteiger partial charge is 0.385 e. The molecule has 0 amide bonds. The van der Waals surface area contributed by atoms with Crippen LogP contribution in [-0.2, 0) is 10.3 Å². The molecule has 0 aromatic carbocycles. The minimum absolute atomic E-state index is 0. The molecule has 1 aliphatic heterocycles. The molecule has 1 saturated heterocycles. The molecule has 2 rings (SSSR count). The molecule has 70 valence electrons. The third-order valence-corrected chi connectivity index (χ3v) is 2.41. The van der Waals surface area contributed by atoms with Crippen LogP contribution in [0.15, 0.2) is 18.3 Å². The van der Waals surface area contributed by atoms with Crippen LogP contribution in [0.25, 0.3) is 0 Å². The van der Waals surface area contributed by atoms with Gasteiger partial charge < -0.3 is 9.84 Å². The van der Waals surface area contributed by atoms with Gasteiger partial charge in [-0.3, -0.25) is 4.98 Å². The number of nitrogens with zero attached hydrogens (tertiary/aromatic N) is 1. The third-order valence-electron chi connectivity index (χ3n) is 2.41. The van der Waals surface area contributed by atoms with Crippen molar-refractivity contribution in [2.24, 2.45) is 0 Å². The topological polar surface area (TPSA) is 42.4 Å². The molecule has 0 aliphatic carbocycles. The first-order chi connectivity index (χ1) is 6.31. The van der Waals surface area contributed by atoms with Gasteiger partial charge in [0.15, 0.2) is 0 Å². The van der Waals surface area contributed by atoms with Gasteiger partial charge in [-0.25, -0.2) is 12.1 Å². The van der Waals surface area contributed by atoms with E-state index < -0.39 is 5.60 Å². The Hall–Kier alpha value is -0.333. The maximum Gasteiger partial charge on any atom is 1.00 e.